The number of hydrogen-bond acceptors (Lipinski definition) is 4. The maximum Gasteiger partial charge on any atom is 0.241 e. The highest BCUT2D eigenvalue weighted by molar-refractivity contribution is 5.95. The minimum Gasteiger partial charge on any atom is -0.398 e. The molecule has 23 heavy (non-hydrogen) atoms. The average molecular weight is 318 g/mol. The molecule has 0 bridgehead atoms. The van der Waals surface area contributed by atoms with Gasteiger partial charge in [-0.25, -0.2) is 0 Å². The van der Waals surface area contributed by atoms with Crippen molar-refractivity contribution in [3.63, 3.8) is 0 Å². The zero-order chi connectivity index (χ0) is 16.8. The summed E-state index contributed by atoms with van der Waals surface area (Å²) in [5, 5.41) is 6.44. The number of nitrogens with two attached hydrogens (primary N) is 1. The van der Waals surface area contributed by atoms with Crippen LogP contribution in [-0.4, -0.2) is 43.0 Å². The summed E-state index contributed by atoms with van der Waals surface area (Å²) in [7, 11) is 0. The van der Waals surface area contributed by atoms with Crippen LogP contribution in [0.4, 0.5) is 11.4 Å². The molecule has 128 valence electrons. The van der Waals surface area contributed by atoms with Gasteiger partial charge in [-0.2, -0.15) is 0 Å². The van der Waals surface area contributed by atoms with Gasteiger partial charge in [0.2, 0.25) is 5.91 Å². The highest BCUT2D eigenvalue weighted by Crippen LogP contribution is 2.20. The van der Waals surface area contributed by atoms with Crippen molar-refractivity contribution >= 4 is 17.3 Å². The summed E-state index contributed by atoms with van der Waals surface area (Å²) in [6, 6.07) is 5.68. The molecule has 1 saturated heterocycles. The van der Waals surface area contributed by atoms with E-state index >= 15 is 0 Å². The van der Waals surface area contributed by atoms with Gasteiger partial charge < -0.3 is 16.4 Å². The lowest BCUT2D eigenvalue weighted by Gasteiger charge is -2.32. The summed E-state index contributed by atoms with van der Waals surface area (Å²) in [5.74, 6) is 0.325. The predicted octanol–water partition coefficient (Wildman–Crippen LogP) is 2.09. The summed E-state index contributed by atoms with van der Waals surface area (Å²) in [6.07, 6.45) is 1.98. The van der Waals surface area contributed by atoms with E-state index < -0.39 is 0 Å². The molecule has 1 atom stereocenters. The second kappa shape index (κ2) is 8.31. The highest BCUT2D eigenvalue weighted by atomic mass is 16.2. The van der Waals surface area contributed by atoms with Crippen molar-refractivity contribution in [2.75, 3.05) is 37.2 Å². The van der Waals surface area contributed by atoms with E-state index in [0.29, 0.717) is 0 Å². The number of nitrogens with zero attached hydrogens (tertiary/aromatic N) is 1. The topological polar surface area (TPSA) is 70.4 Å². The van der Waals surface area contributed by atoms with Crippen LogP contribution in [0.2, 0.25) is 0 Å². The molecular weight excluding hydrogens is 288 g/mol. The number of aryl methyl sites for hydroxylation is 1. The summed E-state index contributed by atoms with van der Waals surface area (Å²) >= 11 is 0. The van der Waals surface area contributed by atoms with E-state index in [4.69, 9.17) is 5.73 Å². The highest BCUT2D eigenvalue weighted by Gasteiger charge is 2.29. The maximum atomic E-state index is 12.8. The molecule has 0 aliphatic carbocycles. The number of carbonyl (C=O) groups excluding carboxylic acids is 1. The largest absolute Gasteiger partial charge is 0.398 e. The molecular formula is C18H30N4O. The van der Waals surface area contributed by atoms with Crippen LogP contribution in [0.3, 0.4) is 0 Å². The number of nitrogens with one attached hydrogen (secondary N) is 2. The Labute approximate surface area is 139 Å². The third-order valence-corrected chi connectivity index (χ3v) is 4.46. The first-order valence-corrected chi connectivity index (χ1v) is 8.67. The normalized spacial score (nSPS) is 17.7. The molecule has 1 aliphatic rings. The first-order chi connectivity index (χ1) is 11.0. The Morgan fingerprint density at radius 2 is 2.13 bits per heavy atom. The van der Waals surface area contributed by atoms with Crippen LogP contribution >= 0.6 is 0 Å². The van der Waals surface area contributed by atoms with Gasteiger partial charge in [-0.1, -0.05) is 26.8 Å². The van der Waals surface area contributed by atoms with Crippen molar-refractivity contribution in [3.8, 4) is 0 Å². The van der Waals surface area contributed by atoms with E-state index in [9.17, 15) is 4.79 Å². The van der Waals surface area contributed by atoms with E-state index in [0.717, 1.165) is 56.0 Å². The number of carbonyl (C=O) groups is 1. The number of nitrogen functional groups attached to an aromatic ring is 1. The number of anilines is 2. The minimum absolute atomic E-state index is 0.0607. The van der Waals surface area contributed by atoms with E-state index in [2.05, 4.69) is 36.3 Å². The number of amides is 1. The fourth-order valence-corrected chi connectivity index (χ4v) is 3.25. The molecule has 2 rings (SSSR count). The lowest BCUT2D eigenvalue weighted by Crippen LogP contribution is -2.48. The second-order valence-corrected chi connectivity index (χ2v) is 6.58. The SMILES string of the molecule is CCc1ccc(NC(=O)C(C(C)C)N2CCCNCC2)cc1N. The van der Waals surface area contributed by atoms with Crippen LogP contribution in [0.1, 0.15) is 32.8 Å². The van der Waals surface area contributed by atoms with Crippen molar-refractivity contribution in [1.82, 2.24) is 10.2 Å². The molecule has 1 aliphatic heterocycles. The van der Waals surface area contributed by atoms with Crippen molar-refractivity contribution in [2.45, 2.75) is 39.7 Å². The Bertz CT molecular complexity index is 522. The summed E-state index contributed by atoms with van der Waals surface area (Å²) < 4.78 is 0. The predicted molar refractivity (Wildman–Crippen MR) is 96.5 cm³/mol. The standard InChI is InChI=1S/C18H30N4O/c1-4-14-6-7-15(12-16(14)19)21-18(23)17(13(2)3)22-10-5-8-20-9-11-22/h6-7,12-13,17,20H,4-5,8-11,19H2,1-3H3,(H,21,23). The molecule has 1 fully saturated rings. The van der Waals surface area contributed by atoms with Crippen LogP contribution < -0.4 is 16.4 Å². The molecule has 0 radical (unpaired) electrons. The average Bonchev–Trinajstić information content (AvgIpc) is 2.76. The number of hydrogen-bond donors (Lipinski definition) is 3. The van der Waals surface area contributed by atoms with Crippen LogP contribution in [0.5, 0.6) is 0 Å². The summed E-state index contributed by atoms with van der Waals surface area (Å²) in [6.45, 7) is 10.1. The van der Waals surface area contributed by atoms with Gasteiger partial charge in [0, 0.05) is 31.0 Å². The Hall–Kier alpha value is -1.59. The van der Waals surface area contributed by atoms with Gasteiger partial charge in [-0.3, -0.25) is 9.69 Å². The van der Waals surface area contributed by atoms with Crippen LogP contribution in [0.15, 0.2) is 18.2 Å². The van der Waals surface area contributed by atoms with E-state index in [1.165, 1.54) is 0 Å². The van der Waals surface area contributed by atoms with Crippen LogP contribution in [-0.2, 0) is 11.2 Å². The van der Waals surface area contributed by atoms with Crippen LogP contribution in [0.25, 0.3) is 0 Å². The Kier molecular flexibility index (Phi) is 6.42. The van der Waals surface area contributed by atoms with Gasteiger partial charge in [0.1, 0.15) is 0 Å². The zero-order valence-corrected chi connectivity index (χ0v) is 14.6. The van der Waals surface area contributed by atoms with Crippen molar-refractivity contribution in [2.24, 2.45) is 5.92 Å². The molecule has 1 aromatic carbocycles. The quantitative estimate of drug-likeness (QED) is 0.727. The molecule has 1 unspecified atom stereocenters. The summed E-state index contributed by atoms with van der Waals surface area (Å²) in [4.78, 5) is 15.1. The van der Waals surface area contributed by atoms with Crippen molar-refractivity contribution in [3.05, 3.63) is 23.8 Å². The van der Waals surface area contributed by atoms with Gasteiger partial charge in [-0.15, -0.1) is 0 Å². The second-order valence-electron chi connectivity index (χ2n) is 6.58. The number of benzene rings is 1. The maximum absolute atomic E-state index is 12.8. The van der Waals surface area contributed by atoms with Crippen molar-refractivity contribution in [1.29, 1.82) is 0 Å². The fraction of sp³-hybridized carbons (Fsp3) is 0.611. The van der Waals surface area contributed by atoms with Gasteiger partial charge in [0.05, 0.1) is 6.04 Å². The third-order valence-electron chi connectivity index (χ3n) is 4.46. The number of rotatable bonds is 5. The molecule has 0 aromatic heterocycles. The molecule has 1 amide bonds. The Morgan fingerprint density at radius 3 is 2.78 bits per heavy atom. The third kappa shape index (κ3) is 4.69. The minimum atomic E-state index is -0.109. The molecule has 0 spiro atoms. The monoisotopic (exact) mass is 318 g/mol. The van der Waals surface area contributed by atoms with Gasteiger partial charge in [0.25, 0.3) is 0 Å². The molecule has 1 aromatic rings. The zero-order valence-electron chi connectivity index (χ0n) is 14.6. The molecule has 0 saturated carbocycles. The van der Waals surface area contributed by atoms with Crippen LogP contribution in [0, 0.1) is 5.92 Å². The van der Waals surface area contributed by atoms with E-state index in [1.807, 2.05) is 18.2 Å². The van der Waals surface area contributed by atoms with Crippen molar-refractivity contribution < 1.29 is 4.79 Å². The molecule has 5 heteroatoms. The molecule has 5 nitrogen and oxygen atoms in total. The molecule has 4 N–H and O–H groups in total. The fourth-order valence-electron chi connectivity index (χ4n) is 3.25. The van der Waals surface area contributed by atoms with E-state index in [-0.39, 0.29) is 17.9 Å². The van der Waals surface area contributed by atoms with Gasteiger partial charge >= 0.3 is 0 Å². The first kappa shape index (κ1) is 17.8. The van der Waals surface area contributed by atoms with E-state index in [1.54, 1.807) is 0 Å². The lowest BCUT2D eigenvalue weighted by molar-refractivity contribution is -0.122. The van der Waals surface area contributed by atoms with Gasteiger partial charge in [-0.05, 0) is 43.0 Å². The Morgan fingerprint density at radius 1 is 1.35 bits per heavy atom. The van der Waals surface area contributed by atoms with Gasteiger partial charge in [0.15, 0.2) is 0 Å². The molecule has 1 heterocycles. The first-order valence-electron chi connectivity index (χ1n) is 8.67. The summed E-state index contributed by atoms with van der Waals surface area (Å²) in [5.41, 5.74) is 8.67. The Balaban J connectivity index is 2.10. The smallest absolute Gasteiger partial charge is 0.241 e. The lowest BCUT2D eigenvalue weighted by atomic mass is 10.0.